The standard InChI is InChI=1S/C25H28NO2.C5H5.Fe/c1-18(2)26(19(3)4)24(27)22-16-11-17-23(22)25(28,20-12-7-5-8-13-20)21-14-9-6-10-15-21;1-2-4-5-3-1;/h5-19,28H,1-4H3;1-5H;. The first-order chi connectivity index (χ1) is 15.9. The van der Waals surface area contributed by atoms with E-state index in [4.69, 9.17) is 0 Å². The van der Waals surface area contributed by atoms with Crippen LogP contribution in [0, 0.1) is 63.2 Å². The van der Waals surface area contributed by atoms with Crippen molar-refractivity contribution < 1.29 is 27.0 Å². The fourth-order valence-electron chi connectivity index (χ4n) is 4.28. The molecule has 3 nitrogen and oxygen atoms in total. The van der Waals surface area contributed by atoms with Crippen LogP contribution >= 0.6 is 0 Å². The Kier molecular flexibility index (Phi) is 11.3. The summed E-state index contributed by atoms with van der Waals surface area (Å²) in [7, 11) is 0. The Morgan fingerprint density at radius 2 is 1.12 bits per heavy atom. The first-order valence-corrected chi connectivity index (χ1v) is 11.5. The molecule has 0 saturated heterocycles. The third-order valence-electron chi connectivity index (χ3n) is 5.72. The van der Waals surface area contributed by atoms with Crippen LogP contribution in [-0.2, 0) is 27.5 Å². The van der Waals surface area contributed by atoms with E-state index < -0.39 is 5.60 Å². The molecule has 2 aliphatic rings. The molecule has 2 aromatic rings. The molecule has 0 aromatic heterocycles. The summed E-state index contributed by atoms with van der Waals surface area (Å²) in [6.45, 7) is 8.06. The number of benzene rings is 2. The van der Waals surface area contributed by atoms with Gasteiger partial charge in [-0.05, 0) is 90.2 Å². The summed E-state index contributed by atoms with van der Waals surface area (Å²) in [5, 5.41) is 12.0. The monoisotopic (exact) mass is 495 g/mol. The van der Waals surface area contributed by atoms with E-state index in [1.807, 2.05) is 145 Å². The average Bonchev–Trinajstić information content (AvgIpc) is 3.54. The van der Waals surface area contributed by atoms with Crippen molar-refractivity contribution in [1.82, 2.24) is 4.90 Å². The molecule has 34 heavy (non-hydrogen) atoms. The Bertz CT molecular complexity index is 794. The summed E-state index contributed by atoms with van der Waals surface area (Å²) in [6, 6.07) is 19.2. The number of hydrogen-bond acceptors (Lipinski definition) is 2. The maximum absolute atomic E-state index is 13.4. The minimum absolute atomic E-state index is 0. The van der Waals surface area contributed by atoms with E-state index in [1.54, 1.807) is 0 Å². The van der Waals surface area contributed by atoms with E-state index in [1.165, 1.54) is 0 Å². The molecule has 0 unspecified atom stereocenters. The van der Waals surface area contributed by atoms with Gasteiger partial charge in [-0.2, -0.15) is 0 Å². The summed E-state index contributed by atoms with van der Waals surface area (Å²) < 4.78 is 0. The second kappa shape index (κ2) is 13.5. The summed E-state index contributed by atoms with van der Waals surface area (Å²) in [5.74, 6) is 1.09. The minimum Gasteiger partial charge on any atom is -0.380 e. The maximum atomic E-state index is 13.4. The summed E-state index contributed by atoms with van der Waals surface area (Å²) in [4.78, 5) is 15.3. The molecule has 1 amide bonds. The van der Waals surface area contributed by atoms with E-state index in [-0.39, 0.29) is 35.1 Å². The molecule has 2 aliphatic carbocycles. The van der Waals surface area contributed by atoms with E-state index in [0.29, 0.717) is 11.8 Å². The van der Waals surface area contributed by atoms with Crippen molar-refractivity contribution in [2.24, 2.45) is 0 Å². The number of carbonyl (C=O) groups is 1. The fourth-order valence-corrected chi connectivity index (χ4v) is 4.28. The Morgan fingerprint density at radius 1 is 0.706 bits per heavy atom. The molecular weight excluding hydrogens is 462 g/mol. The number of carbonyl (C=O) groups excluding carboxylic acids is 1. The molecule has 178 valence electrons. The SMILES string of the molecule is CC(C)N(C(=O)[C]1[CH][CH][CH][C]1C(O)(c1ccccc1)c1ccccc1)C(C)C.[CH]1[CH][CH][CH][CH]1.[Fe]. The van der Waals surface area contributed by atoms with Crippen LogP contribution in [0.5, 0.6) is 0 Å². The van der Waals surface area contributed by atoms with Crippen LogP contribution in [0.2, 0.25) is 0 Å². The van der Waals surface area contributed by atoms with Crippen LogP contribution in [0.3, 0.4) is 0 Å². The van der Waals surface area contributed by atoms with E-state index in [0.717, 1.165) is 11.1 Å². The molecule has 2 saturated carbocycles. The average molecular weight is 495 g/mol. The van der Waals surface area contributed by atoms with Gasteiger partial charge in [0.05, 0.1) is 5.92 Å². The van der Waals surface area contributed by atoms with Crippen molar-refractivity contribution in [2.45, 2.75) is 45.4 Å². The fraction of sp³-hybridized carbons (Fsp3) is 0.233. The number of rotatable bonds is 6. The molecule has 0 heterocycles. The van der Waals surface area contributed by atoms with Crippen LogP contribution in [0.1, 0.15) is 38.8 Å². The molecule has 0 spiro atoms. The van der Waals surface area contributed by atoms with Crippen LogP contribution in [-0.4, -0.2) is 28.0 Å². The van der Waals surface area contributed by atoms with E-state index in [2.05, 4.69) is 0 Å². The minimum atomic E-state index is -1.41. The van der Waals surface area contributed by atoms with Crippen LogP contribution in [0.15, 0.2) is 60.7 Å². The molecule has 2 fully saturated rings. The first-order valence-electron chi connectivity index (χ1n) is 11.5. The number of amides is 1. The van der Waals surface area contributed by atoms with Gasteiger partial charge < -0.3 is 10.0 Å². The van der Waals surface area contributed by atoms with Gasteiger partial charge >= 0.3 is 0 Å². The zero-order valence-corrected chi connectivity index (χ0v) is 21.3. The van der Waals surface area contributed by atoms with Crippen molar-refractivity contribution in [3.63, 3.8) is 0 Å². The molecule has 0 aliphatic heterocycles. The molecular formula is C30H33FeNO2. The smallest absolute Gasteiger partial charge is 0.231 e. The van der Waals surface area contributed by atoms with Crippen LogP contribution in [0.4, 0.5) is 0 Å². The van der Waals surface area contributed by atoms with Crippen LogP contribution in [0.25, 0.3) is 0 Å². The molecule has 10 radical (unpaired) electrons. The Hall–Kier alpha value is -1.61. The quantitative estimate of drug-likeness (QED) is 0.548. The van der Waals surface area contributed by atoms with Gasteiger partial charge in [0, 0.05) is 35.1 Å². The molecule has 2 aromatic carbocycles. The third-order valence-corrected chi connectivity index (χ3v) is 5.72. The predicted octanol–water partition coefficient (Wildman–Crippen LogP) is 5.36. The van der Waals surface area contributed by atoms with Crippen molar-refractivity contribution in [3.8, 4) is 0 Å². The van der Waals surface area contributed by atoms with Crippen molar-refractivity contribution in [1.29, 1.82) is 0 Å². The van der Waals surface area contributed by atoms with Crippen molar-refractivity contribution in [2.75, 3.05) is 0 Å². The van der Waals surface area contributed by atoms with Gasteiger partial charge in [0.25, 0.3) is 0 Å². The van der Waals surface area contributed by atoms with Gasteiger partial charge in [-0.15, -0.1) is 0 Å². The second-order valence-corrected chi connectivity index (χ2v) is 8.66. The maximum Gasteiger partial charge on any atom is 0.231 e. The number of nitrogens with zero attached hydrogens (tertiary/aromatic N) is 1. The second-order valence-electron chi connectivity index (χ2n) is 8.66. The topological polar surface area (TPSA) is 40.5 Å². The summed E-state index contributed by atoms with van der Waals surface area (Å²) in [5.41, 5.74) is 0.0700. The molecule has 1 N–H and O–H groups in total. The molecule has 4 rings (SSSR count). The predicted molar refractivity (Wildman–Crippen MR) is 134 cm³/mol. The van der Waals surface area contributed by atoms with Gasteiger partial charge in [0.2, 0.25) is 5.91 Å². The van der Waals surface area contributed by atoms with Gasteiger partial charge in [-0.25, -0.2) is 0 Å². The Morgan fingerprint density at radius 3 is 1.50 bits per heavy atom. The number of aliphatic hydroxyl groups is 1. The van der Waals surface area contributed by atoms with E-state index >= 15 is 0 Å². The van der Waals surface area contributed by atoms with Crippen molar-refractivity contribution >= 4 is 5.91 Å². The third kappa shape index (κ3) is 6.53. The summed E-state index contributed by atoms with van der Waals surface area (Å²) in [6.07, 6.45) is 15.5. The van der Waals surface area contributed by atoms with Gasteiger partial charge in [-0.3, -0.25) is 4.79 Å². The van der Waals surface area contributed by atoms with Crippen molar-refractivity contribution in [3.05, 3.63) is 135 Å². The van der Waals surface area contributed by atoms with E-state index in [9.17, 15) is 9.90 Å². The normalized spacial score (nSPS) is 16.8. The molecule has 0 bridgehead atoms. The zero-order valence-electron chi connectivity index (χ0n) is 20.2. The first kappa shape index (κ1) is 28.6. The van der Waals surface area contributed by atoms with Crippen LogP contribution < -0.4 is 0 Å². The Labute approximate surface area is 217 Å². The van der Waals surface area contributed by atoms with Gasteiger partial charge in [-0.1, -0.05) is 60.7 Å². The molecule has 0 atom stereocenters. The van der Waals surface area contributed by atoms with Gasteiger partial charge in [0.15, 0.2) is 0 Å². The summed E-state index contributed by atoms with van der Waals surface area (Å²) >= 11 is 0. The number of hydrogen-bond donors (Lipinski definition) is 1. The zero-order chi connectivity index (χ0) is 23.8. The largest absolute Gasteiger partial charge is 0.380 e. The van der Waals surface area contributed by atoms with Gasteiger partial charge in [0.1, 0.15) is 5.60 Å². The molecule has 4 heteroatoms. The Balaban J connectivity index is 0.000000603.